The van der Waals surface area contributed by atoms with E-state index >= 15 is 0 Å². The molecule has 0 saturated heterocycles. The van der Waals surface area contributed by atoms with E-state index in [4.69, 9.17) is 39.6 Å². The molecule has 8 nitrogen and oxygen atoms in total. The Balaban J connectivity index is -0.0000000369. The molecule has 4 N–H and O–H groups in total. The van der Waals surface area contributed by atoms with E-state index in [0.717, 1.165) is 27.7 Å². The van der Waals surface area contributed by atoms with Crippen LogP contribution >= 0.6 is 0 Å². The quantitative estimate of drug-likeness (QED) is 0.452. The van der Waals surface area contributed by atoms with Crippen molar-refractivity contribution in [2.24, 2.45) is 0 Å². The van der Waals surface area contributed by atoms with E-state index in [1.807, 2.05) is 0 Å². The Labute approximate surface area is 157 Å². The summed E-state index contributed by atoms with van der Waals surface area (Å²) in [6.07, 6.45) is 0. The minimum absolute atomic E-state index is 0. The fourth-order valence-corrected chi connectivity index (χ4v) is 0. The molecule has 0 aromatic heterocycles. The van der Waals surface area contributed by atoms with Gasteiger partial charge in [-0.2, -0.15) is 0 Å². The topological polar surface area (TPSA) is 149 Å². The summed E-state index contributed by atoms with van der Waals surface area (Å²) in [6.45, 7) is 4.33. The van der Waals surface area contributed by atoms with Crippen LogP contribution in [0.15, 0.2) is 0 Å². The van der Waals surface area contributed by atoms with Gasteiger partial charge in [0.25, 0.3) is 23.9 Å². The van der Waals surface area contributed by atoms with Crippen LogP contribution in [0, 0.1) is 0 Å². The predicted molar refractivity (Wildman–Crippen MR) is 60.4 cm³/mol. The van der Waals surface area contributed by atoms with Crippen LogP contribution < -0.4 is 0 Å². The molecule has 0 heterocycles. The molecule has 0 amide bonds. The summed E-state index contributed by atoms with van der Waals surface area (Å²) in [5, 5.41) is 29.7. The van der Waals surface area contributed by atoms with Gasteiger partial charge in [0.05, 0.1) is 0 Å². The van der Waals surface area contributed by atoms with E-state index in [9.17, 15) is 0 Å². The number of carbonyl (C=O) groups is 4. The Hall–Kier alpha value is -0.0681. The molecule has 0 aromatic carbocycles. The van der Waals surface area contributed by atoms with Crippen molar-refractivity contribution in [2.75, 3.05) is 0 Å². The second-order valence-corrected chi connectivity index (χ2v) is 2.08. The first-order valence-corrected chi connectivity index (χ1v) is 3.71. The van der Waals surface area contributed by atoms with Gasteiger partial charge in [-0.15, -0.1) is 0 Å². The number of carboxylic acid groups (broad SMARTS) is 4. The van der Waals surface area contributed by atoms with Gasteiger partial charge >= 0.3 is 68.9 Å². The average molecular weight is 374 g/mol. The average Bonchev–Trinajstić information content (AvgIpc) is 1.76. The van der Waals surface area contributed by atoms with Gasteiger partial charge in [-0.05, 0) is 0 Å². The minimum atomic E-state index is -0.833. The van der Waals surface area contributed by atoms with Crippen LogP contribution in [0.2, 0.25) is 0 Å². The first-order valence-electron chi connectivity index (χ1n) is 3.71. The Kier molecular flexibility index (Phi) is 44.3. The van der Waals surface area contributed by atoms with E-state index in [-0.39, 0.29) is 68.9 Å². The summed E-state index contributed by atoms with van der Waals surface area (Å²) in [6, 6.07) is 0. The Morgan fingerprint density at radius 1 is 0.529 bits per heavy atom. The molecule has 0 radical (unpaired) electrons. The van der Waals surface area contributed by atoms with E-state index in [1.165, 1.54) is 0 Å². The fraction of sp³-hybridized carbons (Fsp3) is 0.500. The third-order valence-electron chi connectivity index (χ3n) is 0. The van der Waals surface area contributed by atoms with Crippen LogP contribution in [0.5, 0.6) is 0 Å². The summed E-state index contributed by atoms with van der Waals surface area (Å²) >= 11 is 0. The van der Waals surface area contributed by atoms with Crippen molar-refractivity contribution in [3.63, 3.8) is 0 Å². The van der Waals surface area contributed by atoms with Crippen molar-refractivity contribution < 1.29 is 39.6 Å². The molecular formula is C8H17CsO8. The van der Waals surface area contributed by atoms with Gasteiger partial charge in [0.1, 0.15) is 0 Å². The second kappa shape index (κ2) is 25.0. The van der Waals surface area contributed by atoms with E-state index < -0.39 is 23.9 Å². The molecule has 0 fully saturated rings. The van der Waals surface area contributed by atoms with Crippen molar-refractivity contribution in [3.8, 4) is 0 Å². The van der Waals surface area contributed by atoms with Gasteiger partial charge in [-0.25, -0.2) is 0 Å². The Morgan fingerprint density at radius 3 is 0.529 bits per heavy atom. The van der Waals surface area contributed by atoms with Gasteiger partial charge < -0.3 is 20.4 Å². The molecule has 0 saturated carbocycles. The van der Waals surface area contributed by atoms with Crippen LogP contribution in [-0.2, 0) is 19.2 Å². The molecule has 0 bridgehead atoms. The van der Waals surface area contributed by atoms with E-state index in [1.54, 1.807) is 0 Å². The number of rotatable bonds is 0. The maximum atomic E-state index is 9.00. The number of carboxylic acids is 4. The van der Waals surface area contributed by atoms with Gasteiger partial charge in [0.2, 0.25) is 0 Å². The van der Waals surface area contributed by atoms with Crippen LogP contribution in [-0.4, -0.2) is 113 Å². The third-order valence-corrected chi connectivity index (χ3v) is 0. The Morgan fingerprint density at radius 2 is 0.529 bits per heavy atom. The first-order chi connectivity index (χ1) is 6.93. The molecule has 0 atom stereocenters. The first kappa shape index (κ1) is 30.2. The zero-order valence-electron chi connectivity index (χ0n) is 9.42. The van der Waals surface area contributed by atoms with Crippen LogP contribution in [0.3, 0.4) is 0 Å². The summed E-state index contributed by atoms with van der Waals surface area (Å²) < 4.78 is 0. The Bertz CT molecular complexity index is 162. The summed E-state index contributed by atoms with van der Waals surface area (Å²) in [5.74, 6) is -3.33. The van der Waals surface area contributed by atoms with Crippen molar-refractivity contribution in [1.29, 1.82) is 0 Å². The summed E-state index contributed by atoms with van der Waals surface area (Å²) in [5.41, 5.74) is 0. The van der Waals surface area contributed by atoms with E-state index in [2.05, 4.69) is 0 Å². The molecule has 0 spiro atoms. The molecule has 9 heteroatoms. The molecule has 0 aliphatic carbocycles. The number of hydrogen-bond acceptors (Lipinski definition) is 4. The van der Waals surface area contributed by atoms with Gasteiger partial charge in [0, 0.05) is 27.7 Å². The van der Waals surface area contributed by atoms with Crippen molar-refractivity contribution in [1.82, 2.24) is 0 Å². The van der Waals surface area contributed by atoms with Gasteiger partial charge in [-0.1, -0.05) is 0 Å². The zero-order valence-corrected chi connectivity index (χ0v) is 9.42. The molecule has 0 unspecified atom stereocenters. The van der Waals surface area contributed by atoms with Crippen molar-refractivity contribution >= 4 is 92.8 Å². The summed E-state index contributed by atoms with van der Waals surface area (Å²) in [7, 11) is 0. The second-order valence-electron chi connectivity index (χ2n) is 2.08. The molecule has 17 heavy (non-hydrogen) atoms. The van der Waals surface area contributed by atoms with Crippen LogP contribution in [0.25, 0.3) is 0 Å². The SMILES string of the molecule is CC(=O)O.CC(=O)O.CC(=O)O.CC(=O)O.[CsH]. The predicted octanol–water partition coefficient (Wildman–Crippen LogP) is -0.285. The maximum absolute atomic E-state index is 9.00. The van der Waals surface area contributed by atoms with Gasteiger partial charge in [-0.3, -0.25) is 19.2 Å². The molecule has 0 rings (SSSR count). The van der Waals surface area contributed by atoms with Gasteiger partial charge in [0.15, 0.2) is 0 Å². The molecular weight excluding hydrogens is 357 g/mol. The van der Waals surface area contributed by atoms with Crippen molar-refractivity contribution in [3.05, 3.63) is 0 Å². The molecule has 0 aliphatic heterocycles. The van der Waals surface area contributed by atoms with Crippen LogP contribution in [0.4, 0.5) is 0 Å². The number of hydrogen-bond donors (Lipinski definition) is 4. The number of aliphatic carboxylic acids is 4. The zero-order chi connectivity index (χ0) is 14.3. The third kappa shape index (κ3) is 668000. The fourth-order valence-electron chi connectivity index (χ4n) is 0. The summed E-state index contributed by atoms with van der Waals surface area (Å²) in [4.78, 5) is 36.0. The molecule has 0 aromatic rings. The molecule has 0 aliphatic rings. The normalized spacial score (nSPS) is 5.88. The standard InChI is InChI=1S/4C2H4O2.Cs.H/c4*1-2(3)4;;/h4*1H3,(H,3,4);;. The molecule has 98 valence electrons. The van der Waals surface area contributed by atoms with Crippen LogP contribution in [0.1, 0.15) is 27.7 Å². The monoisotopic (exact) mass is 374 g/mol. The van der Waals surface area contributed by atoms with Crippen molar-refractivity contribution in [2.45, 2.75) is 27.7 Å². The van der Waals surface area contributed by atoms with E-state index in [0.29, 0.717) is 0 Å².